The number of para-hydroxylation sites is 1. The fourth-order valence-electron chi connectivity index (χ4n) is 2.58. The molecule has 3 rings (SSSR count). The molecular weight excluding hydrogens is 369 g/mol. The number of aromatic nitrogens is 1. The molecule has 3 aromatic rings. The van der Waals surface area contributed by atoms with Gasteiger partial charge in [-0.15, -0.1) is 10.2 Å². The van der Waals surface area contributed by atoms with E-state index in [2.05, 4.69) is 10.2 Å². The zero-order valence-electron chi connectivity index (χ0n) is 13.0. The van der Waals surface area contributed by atoms with Crippen molar-refractivity contribution in [2.24, 2.45) is 10.2 Å². The number of rotatable bonds is 3. The van der Waals surface area contributed by atoms with Gasteiger partial charge in [-0.3, -0.25) is 0 Å². The Morgan fingerprint density at radius 1 is 0.958 bits per heavy atom. The van der Waals surface area contributed by atoms with Crippen LogP contribution in [0.4, 0.5) is 11.4 Å². The van der Waals surface area contributed by atoms with Crippen LogP contribution in [-0.2, 0) is 0 Å². The van der Waals surface area contributed by atoms with Gasteiger partial charge in [-0.05, 0) is 32.0 Å². The van der Waals surface area contributed by atoms with Crippen LogP contribution in [0.2, 0.25) is 15.1 Å². The molecule has 24 heavy (non-hydrogen) atoms. The van der Waals surface area contributed by atoms with Crippen molar-refractivity contribution in [3.05, 3.63) is 51.5 Å². The van der Waals surface area contributed by atoms with E-state index in [1.54, 1.807) is 16.7 Å². The summed E-state index contributed by atoms with van der Waals surface area (Å²) in [6.07, 6.45) is 0. The highest BCUT2D eigenvalue weighted by Gasteiger charge is 2.18. The number of hydrogen-bond acceptors (Lipinski definition) is 3. The normalized spacial score (nSPS) is 11.9. The molecule has 0 atom stereocenters. The third-order valence-corrected chi connectivity index (χ3v) is 4.40. The van der Waals surface area contributed by atoms with Crippen LogP contribution in [0.15, 0.2) is 46.6 Å². The molecule has 7 heteroatoms. The van der Waals surface area contributed by atoms with Gasteiger partial charge in [0, 0.05) is 16.5 Å². The maximum atomic E-state index is 10.6. The fraction of sp³-hybridized carbons (Fsp3) is 0.176. The molecule has 1 aromatic heterocycles. The van der Waals surface area contributed by atoms with E-state index in [1.165, 1.54) is 0 Å². The summed E-state index contributed by atoms with van der Waals surface area (Å²) in [5.74, 6) is 0.0520. The van der Waals surface area contributed by atoms with E-state index in [4.69, 9.17) is 34.8 Å². The van der Waals surface area contributed by atoms with Gasteiger partial charge < -0.3 is 9.67 Å². The van der Waals surface area contributed by atoms with Gasteiger partial charge in [0.2, 0.25) is 5.88 Å². The highest BCUT2D eigenvalue weighted by atomic mass is 35.5. The first-order valence-corrected chi connectivity index (χ1v) is 8.41. The Hall–Kier alpha value is -1.75. The Labute approximate surface area is 154 Å². The Kier molecular flexibility index (Phi) is 4.72. The molecule has 0 spiro atoms. The third kappa shape index (κ3) is 2.97. The molecule has 0 unspecified atom stereocenters. The summed E-state index contributed by atoms with van der Waals surface area (Å²) in [6, 6.07) is 10.8. The van der Waals surface area contributed by atoms with Crippen LogP contribution in [0.1, 0.15) is 19.9 Å². The number of aromatic hydroxyl groups is 1. The van der Waals surface area contributed by atoms with E-state index in [1.807, 2.05) is 38.1 Å². The Morgan fingerprint density at radius 2 is 1.54 bits per heavy atom. The van der Waals surface area contributed by atoms with Crippen LogP contribution in [0.3, 0.4) is 0 Å². The largest absolute Gasteiger partial charge is 0.493 e. The number of nitrogens with zero attached hydrogens (tertiary/aromatic N) is 3. The van der Waals surface area contributed by atoms with Gasteiger partial charge in [-0.1, -0.05) is 53.0 Å². The summed E-state index contributed by atoms with van der Waals surface area (Å²) in [5.41, 5.74) is 1.57. The maximum Gasteiger partial charge on any atom is 0.221 e. The molecule has 0 saturated carbocycles. The van der Waals surface area contributed by atoms with E-state index in [9.17, 15) is 5.11 Å². The summed E-state index contributed by atoms with van der Waals surface area (Å²) in [4.78, 5) is 0. The van der Waals surface area contributed by atoms with Crippen LogP contribution in [-0.4, -0.2) is 9.67 Å². The standard InChI is InChI=1S/C17H14Cl3N3O/c1-9(2)23-14-6-4-3-5-11(14)15(17(23)24)21-22-16-12(19)7-10(18)8-13(16)20/h3-9,24H,1-2H3. The van der Waals surface area contributed by atoms with Crippen LogP contribution in [0.25, 0.3) is 10.9 Å². The van der Waals surface area contributed by atoms with Crippen LogP contribution in [0, 0.1) is 0 Å². The van der Waals surface area contributed by atoms with Gasteiger partial charge in [0.1, 0.15) is 5.69 Å². The van der Waals surface area contributed by atoms with Crippen molar-refractivity contribution in [1.29, 1.82) is 0 Å². The van der Waals surface area contributed by atoms with Gasteiger partial charge in [0.25, 0.3) is 0 Å². The molecule has 124 valence electrons. The minimum Gasteiger partial charge on any atom is -0.493 e. The van der Waals surface area contributed by atoms with Crippen LogP contribution < -0.4 is 0 Å². The molecule has 2 aromatic carbocycles. The Bertz CT molecular complexity index is 925. The van der Waals surface area contributed by atoms with Crippen molar-refractivity contribution in [2.75, 3.05) is 0 Å². The number of benzene rings is 2. The molecule has 0 bridgehead atoms. The topological polar surface area (TPSA) is 49.9 Å². The molecule has 0 fully saturated rings. The van der Waals surface area contributed by atoms with Crippen molar-refractivity contribution >= 4 is 57.1 Å². The predicted molar refractivity (Wildman–Crippen MR) is 99.6 cm³/mol. The second-order valence-corrected chi connectivity index (χ2v) is 6.82. The van der Waals surface area contributed by atoms with Gasteiger partial charge in [-0.25, -0.2) is 0 Å². The number of halogens is 3. The maximum absolute atomic E-state index is 10.6. The quantitative estimate of drug-likeness (QED) is 0.474. The van der Waals surface area contributed by atoms with E-state index in [-0.39, 0.29) is 11.9 Å². The van der Waals surface area contributed by atoms with Crippen molar-refractivity contribution in [3.8, 4) is 5.88 Å². The Morgan fingerprint density at radius 3 is 2.17 bits per heavy atom. The van der Waals surface area contributed by atoms with Gasteiger partial charge in [0.05, 0.1) is 15.6 Å². The molecule has 0 amide bonds. The zero-order valence-corrected chi connectivity index (χ0v) is 15.2. The monoisotopic (exact) mass is 381 g/mol. The Balaban J connectivity index is 2.16. The number of fused-ring (bicyclic) bond motifs is 1. The molecular formula is C17H14Cl3N3O. The van der Waals surface area contributed by atoms with Crippen molar-refractivity contribution in [2.45, 2.75) is 19.9 Å². The average Bonchev–Trinajstić information content (AvgIpc) is 2.78. The highest BCUT2D eigenvalue weighted by Crippen LogP contribution is 2.43. The lowest BCUT2D eigenvalue weighted by Gasteiger charge is -2.10. The molecule has 1 N–H and O–H groups in total. The third-order valence-electron chi connectivity index (χ3n) is 3.61. The SMILES string of the molecule is CC(C)n1c(O)c(N=Nc2c(Cl)cc(Cl)cc2Cl)c2ccccc21. The lowest BCUT2D eigenvalue weighted by molar-refractivity contribution is 0.407. The summed E-state index contributed by atoms with van der Waals surface area (Å²) < 4.78 is 1.80. The second-order valence-electron chi connectivity index (χ2n) is 5.57. The van der Waals surface area contributed by atoms with E-state index in [0.29, 0.717) is 26.4 Å². The zero-order chi connectivity index (χ0) is 17.4. The number of hydrogen-bond donors (Lipinski definition) is 1. The molecule has 4 nitrogen and oxygen atoms in total. The smallest absolute Gasteiger partial charge is 0.221 e. The first-order chi connectivity index (χ1) is 11.4. The van der Waals surface area contributed by atoms with Gasteiger partial charge >= 0.3 is 0 Å². The lowest BCUT2D eigenvalue weighted by Crippen LogP contribution is -1.98. The summed E-state index contributed by atoms with van der Waals surface area (Å²) in [6.45, 7) is 3.97. The summed E-state index contributed by atoms with van der Waals surface area (Å²) in [7, 11) is 0. The minimum absolute atomic E-state index is 0.0520. The lowest BCUT2D eigenvalue weighted by atomic mass is 10.2. The second kappa shape index (κ2) is 6.63. The summed E-state index contributed by atoms with van der Waals surface area (Å²) in [5, 5.41) is 20.7. The van der Waals surface area contributed by atoms with E-state index < -0.39 is 0 Å². The molecule has 0 aliphatic rings. The number of azo groups is 1. The van der Waals surface area contributed by atoms with Crippen molar-refractivity contribution in [3.63, 3.8) is 0 Å². The summed E-state index contributed by atoms with van der Waals surface area (Å²) >= 11 is 18.1. The highest BCUT2D eigenvalue weighted by molar-refractivity contribution is 6.41. The van der Waals surface area contributed by atoms with Crippen molar-refractivity contribution < 1.29 is 5.11 Å². The molecule has 0 aliphatic heterocycles. The average molecular weight is 383 g/mol. The molecule has 0 saturated heterocycles. The van der Waals surface area contributed by atoms with Crippen molar-refractivity contribution in [1.82, 2.24) is 4.57 Å². The predicted octanol–water partition coefficient (Wildman–Crippen LogP) is 7.30. The van der Waals surface area contributed by atoms with Crippen LogP contribution in [0.5, 0.6) is 5.88 Å². The van der Waals surface area contributed by atoms with Gasteiger partial charge in [-0.2, -0.15) is 0 Å². The molecule has 0 radical (unpaired) electrons. The van der Waals surface area contributed by atoms with E-state index in [0.717, 1.165) is 10.9 Å². The fourth-order valence-corrected chi connectivity index (χ4v) is 3.48. The van der Waals surface area contributed by atoms with Gasteiger partial charge in [0.15, 0.2) is 5.69 Å². The van der Waals surface area contributed by atoms with E-state index >= 15 is 0 Å². The molecule has 0 aliphatic carbocycles. The first kappa shape index (κ1) is 17.1. The first-order valence-electron chi connectivity index (χ1n) is 7.28. The minimum atomic E-state index is 0.0520. The van der Waals surface area contributed by atoms with Crippen LogP contribution >= 0.6 is 34.8 Å². The molecule has 1 heterocycles.